The molecule has 0 radical (unpaired) electrons. The van der Waals surface area contributed by atoms with E-state index in [9.17, 15) is 4.79 Å². The van der Waals surface area contributed by atoms with Gasteiger partial charge in [-0.3, -0.25) is 4.79 Å². The van der Waals surface area contributed by atoms with Crippen LogP contribution < -0.4 is 0 Å². The van der Waals surface area contributed by atoms with Crippen molar-refractivity contribution in [3.8, 4) is 0 Å². The molecule has 3 aliphatic rings. The molecule has 128 valence electrons. The molecule has 0 N–H and O–H groups in total. The van der Waals surface area contributed by atoms with E-state index in [4.69, 9.17) is 0 Å². The van der Waals surface area contributed by atoms with Crippen LogP contribution in [0.15, 0.2) is 60.0 Å². The summed E-state index contributed by atoms with van der Waals surface area (Å²) in [5.74, 6) is 0.208. The van der Waals surface area contributed by atoms with Gasteiger partial charge in [0.2, 0.25) is 0 Å². The minimum atomic E-state index is -0.602. The van der Waals surface area contributed by atoms with Gasteiger partial charge in [-0.1, -0.05) is 47.6 Å². The van der Waals surface area contributed by atoms with E-state index in [-0.39, 0.29) is 5.78 Å². The van der Waals surface area contributed by atoms with Gasteiger partial charge < -0.3 is 4.90 Å². The fraction of sp³-hybridized carbons (Fsp3) is 0.348. The Hall–Kier alpha value is -2.35. The van der Waals surface area contributed by atoms with E-state index in [1.54, 1.807) is 0 Å². The smallest absolute Gasteiger partial charge is 0.195 e. The first-order chi connectivity index (χ1) is 12.0. The molecule has 0 aromatic heterocycles. The van der Waals surface area contributed by atoms with Gasteiger partial charge in [-0.25, -0.2) is 0 Å². The highest BCUT2D eigenvalue weighted by Gasteiger charge is 2.48. The first-order valence-electron chi connectivity index (χ1n) is 9.23. The second kappa shape index (κ2) is 5.87. The summed E-state index contributed by atoms with van der Waals surface area (Å²) in [6, 6.07) is 6.47. The Morgan fingerprint density at radius 2 is 1.80 bits per heavy atom. The maximum Gasteiger partial charge on any atom is 0.195 e. The quantitative estimate of drug-likeness (QED) is 0.738. The van der Waals surface area contributed by atoms with Crippen molar-refractivity contribution < 1.29 is 4.79 Å². The van der Waals surface area contributed by atoms with Gasteiger partial charge in [0, 0.05) is 6.20 Å². The number of benzene rings is 1. The maximum absolute atomic E-state index is 13.5. The Morgan fingerprint density at radius 3 is 2.48 bits per heavy atom. The second-order valence-corrected chi connectivity index (χ2v) is 7.62. The number of fused-ring (bicyclic) bond motifs is 1. The van der Waals surface area contributed by atoms with Crippen LogP contribution in [0.4, 0.5) is 0 Å². The van der Waals surface area contributed by atoms with Crippen LogP contribution in [-0.4, -0.2) is 16.2 Å². The number of Topliss-reactive ketones (excluding diaryl/α,β-unsaturated/α-hetero) is 1. The molecule has 2 nitrogen and oxygen atoms in total. The molecule has 4 rings (SSSR count). The van der Waals surface area contributed by atoms with Crippen molar-refractivity contribution in [1.29, 1.82) is 0 Å². The van der Waals surface area contributed by atoms with Gasteiger partial charge in [0.15, 0.2) is 5.78 Å². The molecule has 2 heterocycles. The molecule has 0 saturated heterocycles. The third kappa shape index (κ3) is 2.52. The van der Waals surface area contributed by atoms with Crippen molar-refractivity contribution in [2.75, 3.05) is 0 Å². The number of aryl methyl sites for hydroxylation is 2. The Morgan fingerprint density at radius 1 is 1.04 bits per heavy atom. The number of carbonyl (C=O) groups excluding carboxylic acids is 1. The summed E-state index contributed by atoms with van der Waals surface area (Å²) in [5, 5.41) is 0. The topological polar surface area (TPSA) is 20.3 Å². The van der Waals surface area contributed by atoms with Gasteiger partial charge in [-0.05, 0) is 63.7 Å². The van der Waals surface area contributed by atoms with Crippen LogP contribution in [-0.2, 0) is 4.79 Å². The second-order valence-electron chi connectivity index (χ2n) is 7.62. The molecular weight excluding hydrogens is 306 g/mol. The number of rotatable bonds is 2. The zero-order valence-corrected chi connectivity index (χ0v) is 15.3. The Kier molecular flexibility index (Phi) is 3.79. The normalized spacial score (nSPS) is 25.5. The predicted molar refractivity (Wildman–Crippen MR) is 103 cm³/mol. The molecule has 0 bridgehead atoms. The summed E-state index contributed by atoms with van der Waals surface area (Å²) >= 11 is 0. The Balaban J connectivity index is 1.97. The minimum Gasteiger partial charge on any atom is -0.330 e. The van der Waals surface area contributed by atoms with E-state index >= 15 is 0 Å². The highest BCUT2D eigenvalue weighted by molar-refractivity contribution is 6.29. The lowest BCUT2D eigenvalue weighted by Gasteiger charge is -2.35. The van der Waals surface area contributed by atoms with Crippen LogP contribution >= 0.6 is 0 Å². The SMILES string of the molecule is Cc1cc(C)cc(C2=C(C3=CCCCC3)N3C=CC=CC3(C)C2=O)c1. The number of allylic oxidation sites excluding steroid dienone is 4. The molecule has 0 saturated carbocycles. The first-order valence-corrected chi connectivity index (χ1v) is 9.23. The first kappa shape index (κ1) is 16.1. The van der Waals surface area contributed by atoms with Crippen molar-refractivity contribution in [3.05, 3.63) is 76.7 Å². The lowest BCUT2D eigenvalue weighted by molar-refractivity contribution is -0.118. The molecule has 1 aromatic carbocycles. The highest BCUT2D eigenvalue weighted by Crippen LogP contribution is 2.46. The summed E-state index contributed by atoms with van der Waals surface area (Å²) < 4.78 is 0. The van der Waals surface area contributed by atoms with Gasteiger partial charge in [0.25, 0.3) is 0 Å². The number of carbonyl (C=O) groups is 1. The van der Waals surface area contributed by atoms with Crippen LogP contribution in [0, 0.1) is 13.8 Å². The van der Waals surface area contributed by atoms with E-state index < -0.39 is 5.54 Å². The zero-order chi connectivity index (χ0) is 17.6. The number of hydrogen-bond donors (Lipinski definition) is 0. The van der Waals surface area contributed by atoms with Crippen LogP contribution in [0.3, 0.4) is 0 Å². The van der Waals surface area contributed by atoms with Crippen molar-refractivity contribution in [3.63, 3.8) is 0 Å². The molecule has 0 spiro atoms. The van der Waals surface area contributed by atoms with Crippen LogP contribution in [0.5, 0.6) is 0 Å². The number of hydrogen-bond acceptors (Lipinski definition) is 2. The Bertz CT molecular complexity index is 848. The fourth-order valence-electron chi connectivity index (χ4n) is 4.34. The average Bonchev–Trinajstić information content (AvgIpc) is 2.83. The van der Waals surface area contributed by atoms with E-state index in [0.29, 0.717) is 0 Å². The van der Waals surface area contributed by atoms with Crippen LogP contribution in [0.25, 0.3) is 5.57 Å². The maximum atomic E-state index is 13.5. The standard InChI is InChI=1S/C23H25NO/c1-16-13-17(2)15-19(14-16)20-21(18-9-5-4-6-10-18)24-12-8-7-11-23(24,3)22(20)25/h7-9,11-15H,4-6,10H2,1-3H3. The third-order valence-electron chi connectivity index (χ3n) is 5.54. The van der Waals surface area contributed by atoms with Gasteiger partial charge in [0.1, 0.15) is 5.54 Å². The predicted octanol–water partition coefficient (Wildman–Crippen LogP) is 5.24. The summed E-state index contributed by atoms with van der Waals surface area (Å²) in [5.41, 5.74) is 6.20. The van der Waals surface area contributed by atoms with Crippen molar-refractivity contribution >= 4 is 11.4 Å². The molecule has 1 unspecified atom stereocenters. The fourth-order valence-corrected chi connectivity index (χ4v) is 4.34. The van der Waals surface area contributed by atoms with Gasteiger partial charge in [-0.15, -0.1) is 0 Å². The van der Waals surface area contributed by atoms with E-state index in [1.165, 1.54) is 29.5 Å². The summed E-state index contributed by atoms with van der Waals surface area (Å²) in [7, 11) is 0. The van der Waals surface area contributed by atoms with E-state index in [0.717, 1.165) is 29.7 Å². The van der Waals surface area contributed by atoms with Crippen LogP contribution in [0.2, 0.25) is 0 Å². The minimum absolute atomic E-state index is 0.208. The van der Waals surface area contributed by atoms with Crippen LogP contribution in [0.1, 0.15) is 49.3 Å². The number of ketones is 1. The molecule has 25 heavy (non-hydrogen) atoms. The Labute approximate surface area is 150 Å². The molecule has 2 heteroatoms. The molecule has 0 amide bonds. The van der Waals surface area contributed by atoms with Gasteiger partial charge >= 0.3 is 0 Å². The average molecular weight is 331 g/mol. The third-order valence-corrected chi connectivity index (χ3v) is 5.54. The molecule has 1 aromatic rings. The lowest BCUT2D eigenvalue weighted by atomic mass is 9.88. The highest BCUT2D eigenvalue weighted by atomic mass is 16.1. The summed E-state index contributed by atoms with van der Waals surface area (Å²) in [6.07, 6.45) is 15.1. The molecular formula is C23H25NO. The molecule has 1 aliphatic carbocycles. The van der Waals surface area contributed by atoms with Crippen molar-refractivity contribution in [2.24, 2.45) is 0 Å². The molecule has 1 atom stereocenters. The van der Waals surface area contributed by atoms with Gasteiger partial charge in [0.05, 0.1) is 11.3 Å². The summed E-state index contributed by atoms with van der Waals surface area (Å²) in [4.78, 5) is 15.7. The van der Waals surface area contributed by atoms with E-state index in [2.05, 4.69) is 49.2 Å². The molecule has 0 fully saturated rings. The molecule has 2 aliphatic heterocycles. The van der Waals surface area contributed by atoms with Crippen molar-refractivity contribution in [2.45, 2.75) is 52.0 Å². The zero-order valence-electron chi connectivity index (χ0n) is 15.3. The van der Waals surface area contributed by atoms with Crippen molar-refractivity contribution in [1.82, 2.24) is 4.90 Å². The largest absolute Gasteiger partial charge is 0.330 e. The number of nitrogens with zero attached hydrogens (tertiary/aromatic N) is 1. The lowest BCUT2D eigenvalue weighted by Crippen LogP contribution is -2.43. The van der Waals surface area contributed by atoms with Gasteiger partial charge in [-0.2, -0.15) is 0 Å². The monoisotopic (exact) mass is 331 g/mol. The summed E-state index contributed by atoms with van der Waals surface area (Å²) in [6.45, 7) is 6.24. The van der Waals surface area contributed by atoms with E-state index in [1.807, 2.05) is 25.2 Å².